The molecule has 2 heteroatoms. The monoisotopic (exact) mass is 141 g/mol. The Kier molecular flexibility index (Phi) is 2.30. The molecular formula is C8H15NO. The minimum atomic E-state index is 0.259. The fraction of sp³-hybridized carbons (Fsp3) is 0.875. The van der Waals surface area contributed by atoms with Crippen LogP contribution < -0.4 is 5.32 Å². The van der Waals surface area contributed by atoms with E-state index in [9.17, 15) is 4.79 Å². The smallest absolute Gasteiger partial charge is 0.223 e. The highest BCUT2D eigenvalue weighted by Gasteiger charge is 2.31. The van der Waals surface area contributed by atoms with Gasteiger partial charge in [0, 0.05) is 12.5 Å². The van der Waals surface area contributed by atoms with Crippen LogP contribution in [0.25, 0.3) is 0 Å². The quantitative estimate of drug-likeness (QED) is 0.614. The largest absolute Gasteiger partial charge is 0.356 e. The lowest BCUT2D eigenvalue weighted by molar-refractivity contribution is -0.123. The lowest BCUT2D eigenvalue weighted by Gasteiger charge is -2.10. The molecule has 58 valence electrons. The summed E-state index contributed by atoms with van der Waals surface area (Å²) in [4.78, 5) is 11.1. The van der Waals surface area contributed by atoms with E-state index >= 15 is 0 Å². The molecule has 0 aromatic carbocycles. The molecule has 0 radical (unpaired) electrons. The molecule has 1 saturated heterocycles. The maximum Gasteiger partial charge on any atom is 0.223 e. The minimum Gasteiger partial charge on any atom is -0.356 e. The first-order chi connectivity index (χ1) is 4.79. The van der Waals surface area contributed by atoms with Crippen LogP contribution in [0.2, 0.25) is 0 Å². The molecular weight excluding hydrogens is 126 g/mol. The summed E-state index contributed by atoms with van der Waals surface area (Å²) in [6.07, 6.45) is 2.11. The Morgan fingerprint density at radius 3 is 2.60 bits per heavy atom. The van der Waals surface area contributed by atoms with E-state index in [-0.39, 0.29) is 5.91 Å². The van der Waals surface area contributed by atoms with Crippen molar-refractivity contribution in [2.75, 3.05) is 6.54 Å². The van der Waals surface area contributed by atoms with E-state index in [4.69, 9.17) is 0 Å². The molecule has 10 heavy (non-hydrogen) atoms. The normalized spacial score (nSPS) is 32.4. The van der Waals surface area contributed by atoms with E-state index in [1.807, 2.05) is 0 Å². The Balaban J connectivity index is 2.54. The van der Waals surface area contributed by atoms with Crippen molar-refractivity contribution in [3.63, 3.8) is 0 Å². The van der Waals surface area contributed by atoms with Crippen molar-refractivity contribution in [3.8, 4) is 0 Å². The second-order valence-electron chi connectivity index (χ2n) is 2.93. The number of hydrogen-bond acceptors (Lipinski definition) is 1. The van der Waals surface area contributed by atoms with E-state index in [0.29, 0.717) is 11.8 Å². The molecule has 1 rings (SSSR count). The maximum absolute atomic E-state index is 11.1. The van der Waals surface area contributed by atoms with Gasteiger partial charge in [0.15, 0.2) is 0 Å². The van der Waals surface area contributed by atoms with E-state index in [1.54, 1.807) is 0 Å². The van der Waals surface area contributed by atoms with Crippen molar-refractivity contribution in [1.82, 2.24) is 5.32 Å². The third-order valence-corrected chi connectivity index (χ3v) is 2.41. The third-order valence-electron chi connectivity index (χ3n) is 2.41. The molecule has 1 heterocycles. The van der Waals surface area contributed by atoms with Crippen molar-refractivity contribution in [2.45, 2.75) is 26.7 Å². The molecule has 0 spiro atoms. The molecule has 0 bridgehead atoms. The van der Waals surface area contributed by atoms with Gasteiger partial charge in [-0.2, -0.15) is 0 Å². The summed E-state index contributed by atoms with van der Waals surface area (Å²) in [7, 11) is 0. The van der Waals surface area contributed by atoms with Gasteiger partial charge in [-0.05, 0) is 12.3 Å². The predicted octanol–water partition coefficient (Wildman–Crippen LogP) is 1.17. The summed E-state index contributed by atoms with van der Waals surface area (Å²) in [5.41, 5.74) is 0. The van der Waals surface area contributed by atoms with Gasteiger partial charge in [0.25, 0.3) is 0 Å². The highest BCUT2D eigenvalue weighted by Crippen LogP contribution is 2.23. The summed E-state index contributed by atoms with van der Waals surface area (Å²) in [6.45, 7) is 5.12. The fourth-order valence-electron chi connectivity index (χ4n) is 1.67. The molecule has 1 N–H and O–H groups in total. The van der Waals surface area contributed by atoms with Gasteiger partial charge in [0.2, 0.25) is 5.91 Å². The average molecular weight is 141 g/mol. The molecule has 2 atom stereocenters. The fourth-order valence-corrected chi connectivity index (χ4v) is 1.67. The summed E-state index contributed by atoms with van der Waals surface area (Å²) < 4.78 is 0. The first-order valence-corrected chi connectivity index (χ1v) is 4.07. The number of amides is 1. The standard InChI is InChI=1S/C8H15NO/c1-3-6-5-9-8(10)7(6)4-2/h6-7H,3-5H2,1-2H3,(H,9,10). The molecule has 2 unspecified atom stereocenters. The molecule has 0 aliphatic carbocycles. The Bertz CT molecular complexity index is 133. The lowest BCUT2D eigenvalue weighted by Crippen LogP contribution is -2.18. The van der Waals surface area contributed by atoms with Gasteiger partial charge in [0.05, 0.1) is 0 Å². The van der Waals surface area contributed by atoms with Gasteiger partial charge in [-0.15, -0.1) is 0 Å². The SMILES string of the molecule is CCC1CNC(=O)C1CC. The molecule has 1 amide bonds. The average Bonchev–Trinajstić information content (AvgIpc) is 2.30. The molecule has 1 aliphatic heterocycles. The summed E-state index contributed by atoms with van der Waals surface area (Å²) in [5, 5.41) is 2.88. The Labute approximate surface area is 62.0 Å². The molecule has 0 saturated carbocycles. The van der Waals surface area contributed by atoms with Crippen molar-refractivity contribution in [2.24, 2.45) is 11.8 Å². The maximum atomic E-state index is 11.1. The van der Waals surface area contributed by atoms with Crippen LogP contribution in [0.5, 0.6) is 0 Å². The van der Waals surface area contributed by atoms with Crippen LogP contribution in [0, 0.1) is 11.8 Å². The van der Waals surface area contributed by atoms with Crippen LogP contribution in [-0.2, 0) is 4.79 Å². The number of nitrogens with one attached hydrogen (secondary N) is 1. The van der Waals surface area contributed by atoms with Gasteiger partial charge in [-0.1, -0.05) is 20.3 Å². The highest BCUT2D eigenvalue weighted by molar-refractivity contribution is 5.81. The second kappa shape index (κ2) is 3.04. The summed E-state index contributed by atoms with van der Waals surface area (Å²) in [5.74, 6) is 1.15. The molecule has 0 aromatic heterocycles. The topological polar surface area (TPSA) is 29.1 Å². The van der Waals surface area contributed by atoms with E-state index in [2.05, 4.69) is 19.2 Å². The van der Waals surface area contributed by atoms with Crippen LogP contribution in [0.4, 0.5) is 0 Å². The van der Waals surface area contributed by atoms with E-state index < -0.39 is 0 Å². The van der Waals surface area contributed by atoms with Gasteiger partial charge in [-0.25, -0.2) is 0 Å². The Morgan fingerprint density at radius 1 is 1.50 bits per heavy atom. The van der Waals surface area contributed by atoms with Crippen molar-refractivity contribution < 1.29 is 4.79 Å². The molecule has 1 fully saturated rings. The Hall–Kier alpha value is -0.530. The predicted molar refractivity (Wildman–Crippen MR) is 40.6 cm³/mol. The number of rotatable bonds is 2. The van der Waals surface area contributed by atoms with Gasteiger partial charge in [0.1, 0.15) is 0 Å². The Morgan fingerprint density at radius 2 is 2.20 bits per heavy atom. The number of carbonyl (C=O) groups is 1. The highest BCUT2D eigenvalue weighted by atomic mass is 16.2. The first-order valence-electron chi connectivity index (χ1n) is 4.07. The van der Waals surface area contributed by atoms with E-state index in [1.165, 1.54) is 0 Å². The van der Waals surface area contributed by atoms with Gasteiger partial charge in [-0.3, -0.25) is 4.79 Å². The number of hydrogen-bond donors (Lipinski definition) is 1. The van der Waals surface area contributed by atoms with Crippen LogP contribution in [0.1, 0.15) is 26.7 Å². The summed E-state index contributed by atoms with van der Waals surface area (Å²) in [6, 6.07) is 0. The third kappa shape index (κ3) is 1.15. The molecule has 0 aromatic rings. The number of carbonyl (C=O) groups excluding carboxylic acids is 1. The van der Waals surface area contributed by atoms with Gasteiger partial charge >= 0.3 is 0 Å². The zero-order valence-electron chi connectivity index (χ0n) is 6.68. The zero-order chi connectivity index (χ0) is 7.56. The van der Waals surface area contributed by atoms with Crippen molar-refractivity contribution in [3.05, 3.63) is 0 Å². The molecule has 2 nitrogen and oxygen atoms in total. The van der Waals surface area contributed by atoms with Crippen LogP contribution in [0.15, 0.2) is 0 Å². The van der Waals surface area contributed by atoms with Crippen LogP contribution in [0.3, 0.4) is 0 Å². The molecule has 1 aliphatic rings. The van der Waals surface area contributed by atoms with Crippen LogP contribution in [-0.4, -0.2) is 12.5 Å². The van der Waals surface area contributed by atoms with E-state index in [0.717, 1.165) is 19.4 Å². The first kappa shape index (κ1) is 7.58. The van der Waals surface area contributed by atoms with Crippen LogP contribution >= 0.6 is 0 Å². The van der Waals surface area contributed by atoms with Crippen molar-refractivity contribution >= 4 is 5.91 Å². The van der Waals surface area contributed by atoms with Gasteiger partial charge < -0.3 is 5.32 Å². The second-order valence-corrected chi connectivity index (χ2v) is 2.93. The minimum absolute atomic E-state index is 0.259. The zero-order valence-corrected chi connectivity index (χ0v) is 6.68. The lowest BCUT2D eigenvalue weighted by atomic mass is 9.91. The summed E-state index contributed by atoms with van der Waals surface area (Å²) >= 11 is 0. The van der Waals surface area contributed by atoms with Crippen molar-refractivity contribution in [1.29, 1.82) is 0 Å².